The summed E-state index contributed by atoms with van der Waals surface area (Å²) in [5, 5.41) is 11.5. The number of rotatable bonds is 4. The van der Waals surface area contributed by atoms with E-state index in [2.05, 4.69) is 31.4 Å². The zero-order valence-electron chi connectivity index (χ0n) is 15.7. The van der Waals surface area contributed by atoms with Crippen molar-refractivity contribution >= 4 is 27.7 Å². The van der Waals surface area contributed by atoms with Crippen molar-refractivity contribution in [2.24, 2.45) is 0 Å². The van der Waals surface area contributed by atoms with Crippen LogP contribution in [-0.2, 0) is 0 Å². The third-order valence-corrected chi connectivity index (χ3v) is 4.95. The average Bonchev–Trinajstić information content (AvgIpc) is 3.24. The number of aromatic nitrogens is 4. The van der Waals surface area contributed by atoms with Gasteiger partial charge in [-0.15, -0.1) is 0 Å². The van der Waals surface area contributed by atoms with Gasteiger partial charge in [0.05, 0.1) is 28.8 Å². The molecular weight excluding hydrogens is 437 g/mol. The van der Waals surface area contributed by atoms with E-state index in [0.29, 0.717) is 22.8 Å². The van der Waals surface area contributed by atoms with Gasteiger partial charge in [-0.3, -0.25) is 4.79 Å². The quantitative estimate of drug-likeness (QED) is 0.481. The van der Waals surface area contributed by atoms with Crippen LogP contribution in [0.25, 0.3) is 11.4 Å². The summed E-state index contributed by atoms with van der Waals surface area (Å²) in [6.45, 7) is 3.58. The average molecular weight is 454 g/mol. The van der Waals surface area contributed by atoms with Gasteiger partial charge in [-0.1, -0.05) is 34.1 Å². The van der Waals surface area contributed by atoms with Crippen LogP contribution < -0.4 is 5.32 Å². The lowest BCUT2D eigenvalue weighted by atomic mass is 10.2. The Morgan fingerprint density at radius 2 is 1.86 bits per heavy atom. The molecular formula is C21H17BrFN5O. The van der Waals surface area contributed by atoms with Gasteiger partial charge in [-0.05, 0) is 44.2 Å². The first kappa shape index (κ1) is 19.1. The molecule has 0 saturated heterocycles. The van der Waals surface area contributed by atoms with Crippen molar-refractivity contribution in [3.8, 4) is 11.4 Å². The van der Waals surface area contributed by atoms with Gasteiger partial charge in [-0.2, -0.15) is 10.2 Å². The number of carbonyl (C=O) groups excluding carboxylic acids is 1. The minimum absolute atomic E-state index is 0.291. The normalized spacial score (nSPS) is 10.9. The summed E-state index contributed by atoms with van der Waals surface area (Å²) < 4.78 is 18.1. The second-order valence-electron chi connectivity index (χ2n) is 6.52. The number of hydrogen-bond donors (Lipinski definition) is 1. The Hall–Kier alpha value is -3.26. The Morgan fingerprint density at radius 1 is 1.07 bits per heavy atom. The van der Waals surface area contributed by atoms with Crippen LogP contribution in [0, 0.1) is 19.7 Å². The molecule has 4 aromatic rings. The van der Waals surface area contributed by atoms with E-state index in [9.17, 15) is 9.18 Å². The molecule has 0 atom stereocenters. The molecule has 0 aliphatic heterocycles. The Kier molecular flexibility index (Phi) is 5.02. The molecule has 8 heteroatoms. The topological polar surface area (TPSA) is 64.7 Å². The van der Waals surface area contributed by atoms with Gasteiger partial charge in [0.1, 0.15) is 17.3 Å². The fraction of sp³-hybridized carbons (Fsp3) is 0.0952. The molecule has 2 heterocycles. The molecule has 6 nitrogen and oxygen atoms in total. The number of nitrogens with one attached hydrogen (secondary N) is 1. The number of amides is 1. The SMILES string of the molecule is Cc1cc(NC(=O)c2cnn(-c3ccccc3F)c2C)n(-c2cccc(Br)c2)n1. The van der Waals surface area contributed by atoms with Crippen LogP contribution in [0.15, 0.2) is 65.3 Å². The predicted octanol–water partition coefficient (Wildman–Crippen LogP) is 4.83. The predicted molar refractivity (Wildman–Crippen MR) is 112 cm³/mol. The van der Waals surface area contributed by atoms with Crippen molar-refractivity contribution in [3.05, 3.63) is 88.0 Å². The minimum atomic E-state index is -0.408. The first-order valence-electron chi connectivity index (χ1n) is 8.87. The molecule has 1 N–H and O–H groups in total. The van der Waals surface area contributed by atoms with Crippen LogP contribution >= 0.6 is 15.9 Å². The smallest absolute Gasteiger partial charge is 0.260 e. The van der Waals surface area contributed by atoms with Gasteiger partial charge in [0.25, 0.3) is 5.91 Å². The number of anilines is 1. The van der Waals surface area contributed by atoms with E-state index in [1.807, 2.05) is 31.2 Å². The third-order valence-electron chi connectivity index (χ3n) is 4.46. The van der Waals surface area contributed by atoms with Crippen LogP contribution in [0.2, 0.25) is 0 Å². The first-order valence-corrected chi connectivity index (χ1v) is 9.67. The molecule has 146 valence electrons. The van der Waals surface area contributed by atoms with Gasteiger partial charge < -0.3 is 5.32 Å². The Labute approximate surface area is 175 Å². The van der Waals surface area contributed by atoms with Crippen molar-refractivity contribution in [2.75, 3.05) is 5.32 Å². The second-order valence-corrected chi connectivity index (χ2v) is 7.44. The van der Waals surface area contributed by atoms with Crippen molar-refractivity contribution in [2.45, 2.75) is 13.8 Å². The molecule has 0 saturated carbocycles. The fourth-order valence-electron chi connectivity index (χ4n) is 3.08. The maximum Gasteiger partial charge on any atom is 0.260 e. The Morgan fingerprint density at radius 3 is 2.62 bits per heavy atom. The van der Waals surface area contributed by atoms with E-state index in [4.69, 9.17) is 0 Å². The van der Waals surface area contributed by atoms with E-state index < -0.39 is 5.82 Å². The molecule has 0 spiro atoms. The highest BCUT2D eigenvalue weighted by molar-refractivity contribution is 9.10. The zero-order valence-corrected chi connectivity index (χ0v) is 17.3. The Balaban J connectivity index is 1.66. The molecule has 0 radical (unpaired) electrons. The van der Waals surface area contributed by atoms with Crippen LogP contribution in [0.5, 0.6) is 0 Å². The van der Waals surface area contributed by atoms with Crippen LogP contribution in [0.4, 0.5) is 10.2 Å². The van der Waals surface area contributed by atoms with Gasteiger partial charge >= 0.3 is 0 Å². The highest BCUT2D eigenvalue weighted by atomic mass is 79.9. The summed E-state index contributed by atoms with van der Waals surface area (Å²) in [6.07, 6.45) is 1.43. The lowest BCUT2D eigenvalue weighted by Gasteiger charge is -2.10. The molecule has 2 aromatic carbocycles. The van der Waals surface area contributed by atoms with Crippen LogP contribution in [0.1, 0.15) is 21.7 Å². The van der Waals surface area contributed by atoms with Gasteiger partial charge in [0.15, 0.2) is 0 Å². The molecule has 4 rings (SSSR count). The molecule has 0 fully saturated rings. The van der Waals surface area contributed by atoms with Crippen LogP contribution in [0.3, 0.4) is 0 Å². The van der Waals surface area contributed by atoms with E-state index in [1.165, 1.54) is 16.9 Å². The van der Waals surface area contributed by atoms with E-state index in [0.717, 1.165) is 15.9 Å². The van der Waals surface area contributed by atoms with Crippen LogP contribution in [-0.4, -0.2) is 25.5 Å². The number of nitrogens with zero attached hydrogens (tertiary/aromatic N) is 4. The van der Waals surface area contributed by atoms with Crippen molar-refractivity contribution in [1.82, 2.24) is 19.6 Å². The molecule has 0 bridgehead atoms. The number of para-hydroxylation sites is 1. The number of benzene rings is 2. The molecule has 1 amide bonds. The molecule has 0 unspecified atom stereocenters. The monoisotopic (exact) mass is 453 g/mol. The summed E-state index contributed by atoms with van der Waals surface area (Å²) in [4.78, 5) is 12.9. The maximum absolute atomic E-state index is 14.1. The number of aryl methyl sites for hydroxylation is 1. The number of halogens is 2. The fourth-order valence-corrected chi connectivity index (χ4v) is 3.46. The molecule has 0 aliphatic rings. The van der Waals surface area contributed by atoms with E-state index >= 15 is 0 Å². The third kappa shape index (κ3) is 3.71. The second kappa shape index (κ2) is 7.63. The first-order chi connectivity index (χ1) is 13.9. The summed E-state index contributed by atoms with van der Waals surface area (Å²) in [5.74, 6) is -0.223. The highest BCUT2D eigenvalue weighted by Crippen LogP contribution is 2.22. The maximum atomic E-state index is 14.1. The highest BCUT2D eigenvalue weighted by Gasteiger charge is 2.19. The number of hydrogen-bond acceptors (Lipinski definition) is 3. The number of carbonyl (C=O) groups is 1. The standard InChI is InChI=1S/C21H17BrFN5O/c1-13-10-20(28(26-13)16-7-5-6-15(22)11-16)25-21(29)17-12-24-27(14(17)2)19-9-4-3-8-18(19)23/h3-12H,1-2H3,(H,25,29). The summed E-state index contributed by atoms with van der Waals surface area (Å²) >= 11 is 3.45. The molecule has 0 aliphatic carbocycles. The minimum Gasteiger partial charge on any atom is -0.306 e. The lowest BCUT2D eigenvalue weighted by Crippen LogP contribution is -2.16. The Bertz CT molecular complexity index is 1210. The molecule has 29 heavy (non-hydrogen) atoms. The van der Waals surface area contributed by atoms with Gasteiger partial charge in [0.2, 0.25) is 0 Å². The largest absolute Gasteiger partial charge is 0.306 e. The van der Waals surface area contributed by atoms with Crippen molar-refractivity contribution in [3.63, 3.8) is 0 Å². The summed E-state index contributed by atoms with van der Waals surface area (Å²) in [6, 6.07) is 15.7. The zero-order chi connectivity index (χ0) is 20.5. The van der Waals surface area contributed by atoms with E-state index in [-0.39, 0.29) is 5.91 Å². The van der Waals surface area contributed by atoms with Crippen molar-refractivity contribution < 1.29 is 9.18 Å². The van der Waals surface area contributed by atoms with Crippen molar-refractivity contribution in [1.29, 1.82) is 0 Å². The molecule has 2 aromatic heterocycles. The van der Waals surface area contributed by atoms with Gasteiger partial charge in [-0.25, -0.2) is 13.8 Å². The van der Waals surface area contributed by atoms with Gasteiger partial charge in [0, 0.05) is 10.5 Å². The summed E-state index contributed by atoms with van der Waals surface area (Å²) in [7, 11) is 0. The lowest BCUT2D eigenvalue weighted by molar-refractivity contribution is 0.102. The van der Waals surface area contributed by atoms with E-state index in [1.54, 1.807) is 35.9 Å². The summed E-state index contributed by atoms with van der Waals surface area (Å²) in [5.41, 5.74) is 2.76.